The van der Waals surface area contributed by atoms with E-state index in [4.69, 9.17) is 0 Å². The zero-order chi connectivity index (χ0) is 13.4. The maximum Gasteiger partial charge on any atom is 0.254 e. The van der Waals surface area contributed by atoms with Crippen LogP contribution in [-0.4, -0.2) is 29.4 Å². The normalized spacial score (nSPS) is 25.9. The molecule has 0 bridgehead atoms. The quantitative estimate of drug-likeness (QED) is 0.839. The summed E-state index contributed by atoms with van der Waals surface area (Å²) in [5.74, 6) is 0.191. The number of amides is 1. The van der Waals surface area contributed by atoms with Gasteiger partial charge in [-0.1, -0.05) is 6.07 Å². The maximum absolute atomic E-state index is 12.7. The monoisotopic (exact) mass is 258 g/mol. The lowest BCUT2D eigenvalue weighted by molar-refractivity contribution is 0.0511. The van der Waals surface area contributed by atoms with Gasteiger partial charge in [0, 0.05) is 29.9 Å². The second kappa shape index (κ2) is 4.87. The summed E-state index contributed by atoms with van der Waals surface area (Å²) in [7, 11) is 0. The Labute approximate surface area is 115 Å². The van der Waals surface area contributed by atoms with Crippen LogP contribution in [0.15, 0.2) is 18.2 Å². The number of rotatable bonds is 1. The molecular weight excluding hydrogens is 236 g/mol. The van der Waals surface area contributed by atoms with Crippen molar-refractivity contribution in [2.24, 2.45) is 0 Å². The van der Waals surface area contributed by atoms with Gasteiger partial charge in [-0.2, -0.15) is 0 Å². The van der Waals surface area contributed by atoms with E-state index in [-0.39, 0.29) is 5.91 Å². The van der Waals surface area contributed by atoms with Crippen LogP contribution in [0.3, 0.4) is 0 Å². The summed E-state index contributed by atoms with van der Waals surface area (Å²) in [4.78, 5) is 14.8. The zero-order valence-corrected chi connectivity index (χ0v) is 11.8. The minimum Gasteiger partial charge on any atom is -0.384 e. The van der Waals surface area contributed by atoms with Gasteiger partial charge in [-0.15, -0.1) is 0 Å². The summed E-state index contributed by atoms with van der Waals surface area (Å²) < 4.78 is 0. The molecule has 1 fully saturated rings. The Bertz CT molecular complexity index is 488. The molecule has 0 aliphatic carbocycles. The summed E-state index contributed by atoms with van der Waals surface area (Å²) >= 11 is 0. The number of fused-ring (bicyclic) bond motifs is 1. The van der Waals surface area contributed by atoms with Crippen molar-refractivity contribution in [1.29, 1.82) is 0 Å². The fourth-order valence-corrected chi connectivity index (χ4v) is 3.39. The second-order valence-corrected chi connectivity index (χ2v) is 5.89. The summed E-state index contributed by atoms with van der Waals surface area (Å²) in [6.07, 6.45) is 4.55. The van der Waals surface area contributed by atoms with Gasteiger partial charge in [-0.05, 0) is 57.2 Å². The lowest BCUT2D eigenvalue weighted by Gasteiger charge is -2.39. The van der Waals surface area contributed by atoms with Crippen molar-refractivity contribution in [1.82, 2.24) is 4.90 Å². The molecule has 2 heterocycles. The van der Waals surface area contributed by atoms with Crippen molar-refractivity contribution in [3.8, 4) is 0 Å². The standard InChI is InChI=1S/C16H22N2O/c1-11-4-3-5-12(2)18(11)16(19)14-7-6-13-8-9-17-15(13)10-14/h6-7,10-12,17H,3-5,8-9H2,1-2H3/t11-,12+. The Balaban J connectivity index is 1.86. The van der Waals surface area contributed by atoms with Crippen LogP contribution in [0.2, 0.25) is 0 Å². The van der Waals surface area contributed by atoms with Crippen LogP contribution in [0.1, 0.15) is 49.0 Å². The Morgan fingerprint density at radius 2 is 2.00 bits per heavy atom. The van der Waals surface area contributed by atoms with E-state index in [0.717, 1.165) is 37.1 Å². The largest absolute Gasteiger partial charge is 0.384 e. The predicted octanol–water partition coefficient (Wildman–Crippen LogP) is 3.06. The van der Waals surface area contributed by atoms with Gasteiger partial charge in [0.05, 0.1) is 0 Å². The van der Waals surface area contributed by atoms with Gasteiger partial charge in [0.1, 0.15) is 0 Å². The van der Waals surface area contributed by atoms with E-state index >= 15 is 0 Å². The summed E-state index contributed by atoms with van der Waals surface area (Å²) in [6.45, 7) is 5.32. The summed E-state index contributed by atoms with van der Waals surface area (Å²) in [6, 6.07) is 6.83. The van der Waals surface area contributed by atoms with Crippen LogP contribution in [0, 0.1) is 0 Å². The first-order valence-corrected chi connectivity index (χ1v) is 7.36. The smallest absolute Gasteiger partial charge is 0.254 e. The molecule has 2 atom stereocenters. The number of piperidine rings is 1. The number of hydrogen-bond acceptors (Lipinski definition) is 2. The minimum atomic E-state index is 0.191. The molecule has 1 saturated heterocycles. The summed E-state index contributed by atoms with van der Waals surface area (Å²) in [5.41, 5.74) is 3.30. The molecular formula is C16H22N2O. The maximum atomic E-state index is 12.7. The molecule has 1 amide bonds. The van der Waals surface area contributed by atoms with E-state index in [1.54, 1.807) is 0 Å². The van der Waals surface area contributed by atoms with Gasteiger partial charge in [0.2, 0.25) is 0 Å². The van der Waals surface area contributed by atoms with Gasteiger partial charge in [-0.3, -0.25) is 4.79 Å². The van der Waals surface area contributed by atoms with E-state index in [0.29, 0.717) is 12.1 Å². The lowest BCUT2D eigenvalue weighted by atomic mass is 9.96. The molecule has 2 aliphatic heterocycles. The third-order valence-corrected chi connectivity index (χ3v) is 4.49. The highest BCUT2D eigenvalue weighted by molar-refractivity contribution is 5.96. The SMILES string of the molecule is C[C@@H]1CCC[C@H](C)N1C(=O)c1ccc2c(c1)NCC2. The first-order valence-electron chi connectivity index (χ1n) is 7.36. The number of benzene rings is 1. The molecule has 19 heavy (non-hydrogen) atoms. The van der Waals surface area contributed by atoms with Crippen molar-refractivity contribution >= 4 is 11.6 Å². The van der Waals surface area contributed by atoms with Gasteiger partial charge in [-0.25, -0.2) is 0 Å². The Morgan fingerprint density at radius 1 is 1.26 bits per heavy atom. The van der Waals surface area contributed by atoms with Crippen molar-refractivity contribution in [2.45, 2.75) is 51.6 Å². The highest BCUT2D eigenvalue weighted by Crippen LogP contribution is 2.27. The van der Waals surface area contributed by atoms with E-state index < -0.39 is 0 Å². The van der Waals surface area contributed by atoms with Crippen LogP contribution in [0.5, 0.6) is 0 Å². The molecule has 3 heteroatoms. The van der Waals surface area contributed by atoms with Gasteiger partial charge >= 0.3 is 0 Å². The van der Waals surface area contributed by atoms with Crippen LogP contribution < -0.4 is 5.32 Å². The van der Waals surface area contributed by atoms with Crippen LogP contribution in [0.4, 0.5) is 5.69 Å². The molecule has 0 aromatic heterocycles. The van der Waals surface area contributed by atoms with Gasteiger partial charge in [0.15, 0.2) is 0 Å². The molecule has 0 radical (unpaired) electrons. The van der Waals surface area contributed by atoms with Crippen molar-refractivity contribution in [3.05, 3.63) is 29.3 Å². The van der Waals surface area contributed by atoms with Gasteiger partial charge < -0.3 is 10.2 Å². The second-order valence-electron chi connectivity index (χ2n) is 5.89. The van der Waals surface area contributed by atoms with Crippen LogP contribution >= 0.6 is 0 Å². The first kappa shape index (κ1) is 12.5. The topological polar surface area (TPSA) is 32.3 Å². The average molecular weight is 258 g/mol. The molecule has 1 N–H and O–H groups in total. The molecule has 3 nitrogen and oxygen atoms in total. The number of anilines is 1. The third-order valence-electron chi connectivity index (χ3n) is 4.49. The minimum absolute atomic E-state index is 0.191. The molecule has 1 aromatic carbocycles. The number of hydrogen-bond donors (Lipinski definition) is 1. The molecule has 102 valence electrons. The molecule has 0 unspecified atom stereocenters. The molecule has 3 rings (SSSR count). The summed E-state index contributed by atoms with van der Waals surface area (Å²) in [5, 5.41) is 3.35. The van der Waals surface area contributed by atoms with E-state index in [1.165, 1.54) is 12.0 Å². The van der Waals surface area contributed by atoms with Crippen molar-refractivity contribution in [3.63, 3.8) is 0 Å². The number of nitrogens with one attached hydrogen (secondary N) is 1. The zero-order valence-electron chi connectivity index (χ0n) is 11.8. The Hall–Kier alpha value is -1.51. The number of carbonyl (C=O) groups is 1. The fraction of sp³-hybridized carbons (Fsp3) is 0.562. The molecule has 2 aliphatic rings. The molecule has 0 spiro atoms. The molecule has 1 aromatic rings. The third kappa shape index (κ3) is 2.22. The van der Waals surface area contributed by atoms with Crippen molar-refractivity contribution in [2.75, 3.05) is 11.9 Å². The molecule has 0 saturated carbocycles. The highest BCUT2D eigenvalue weighted by Gasteiger charge is 2.30. The van der Waals surface area contributed by atoms with Crippen LogP contribution in [-0.2, 0) is 6.42 Å². The number of likely N-dealkylation sites (tertiary alicyclic amines) is 1. The van der Waals surface area contributed by atoms with E-state index in [1.807, 2.05) is 12.1 Å². The van der Waals surface area contributed by atoms with Crippen LogP contribution in [0.25, 0.3) is 0 Å². The van der Waals surface area contributed by atoms with Crippen molar-refractivity contribution < 1.29 is 4.79 Å². The van der Waals surface area contributed by atoms with E-state index in [9.17, 15) is 4.79 Å². The van der Waals surface area contributed by atoms with Gasteiger partial charge in [0.25, 0.3) is 5.91 Å². The predicted molar refractivity (Wildman–Crippen MR) is 77.6 cm³/mol. The number of nitrogens with zero attached hydrogens (tertiary/aromatic N) is 1. The Morgan fingerprint density at radius 3 is 2.74 bits per heavy atom. The average Bonchev–Trinajstić information content (AvgIpc) is 2.85. The Kier molecular flexibility index (Phi) is 3.21. The fourth-order valence-electron chi connectivity index (χ4n) is 3.39. The highest BCUT2D eigenvalue weighted by atomic mass is 16.2. The first-order chi connectivity index (χ1) is 9.16. The lowest BCUT2D eigenvalue weighted by Crippen LogP contribution is -2.47. The van der Waals surface area contributed by atoms with E-state index in [2.05, 4.69) is 30.1 Å². The number of carbonyl (C=O) groups excluding carboxylic acids is 1.